The zero-order valence-electron chi connectivity index (χ0n) is 10.7. The molecule has 1 aliphatic rings. The maximum absolute atomic E-state index is 11.9. The molecule has 0 radical (unpaired) electrons. The van der Waals surface area contributed by atoms with E-state index in [1.54, 1.807) is 10.9 Å². The van der Waals surface area contributed by atoms with Crippen molar-refractivity contribution in [2.75, 3.05) is 26.7 Å². The first-order chi connectivity index (χ1) is 9.08. The summed E-state index contributed by atoms with van der Waals surface area (Å²) in [4.78, 5) is 23.6. The van der Waals surface area contributed by atoms with Gasteiger partial charge in [0.05, 0.1) is 12.2 Å². The first kappa shape index (κ1) is 13.5. The van der Waals surface area contributed by atoms with Crippen LogP contribution in [0.25, 0.3) is 0 Å². The molecule has 0 atom stereocenters. The zero-order valence-corrected chi connectivity index (χ0v) is 10.7. The van der Waals surface area contributed by atoms with Crippen LogP contribution in [-0.2, 0) is 4.79 Å². The van der Waals surface area contributed by atoms with Crippen molar-refractivity contribution >= 4 is 11.9 Å². The fraction of sp³-hybridized carbons (Fsp3) is 0.636. The highest BCUT2D eigenvalue weighted by atomic mass is 16.4. The summed E-state index contributed by atoms with van der Waals surface area (Å²) >= 11 is 0. The molecule has 0 unspecified atom stereocenters. The van der Waals surface area contributed by atoms with Crippen molar-refractivity contribution in [1.29, 1.82) is 0 Å². The van der Waals surface area contributed by atoms with Crippen LogP contribution < -0.4 is 5.32 Å². The van der Waals surface area contributed by atoms with Crippen molar-refractivity contribution in [2.45, 2.75) is 18.9 Å². The summed E-state index contributed by atoms with van der Waals surface area (Å²) in [5.41, 5.74) is 0.183. The Hall–Kier alpha value is -1.96. The van der Waals surface area contributed by atoms with Crippen molar-refractivity contribution in [2.24, 2.45) is 0 Å². The number of piperidine rings is 1. The van der Waals surface area contributed by atoms with Crippen LogP contribution in [0.4, 0.5) is 0 Å². The monoisotopic (exact) mass is 267 g/mol. The third-order valence-electron chi connectivity index (χ3n) is 3.13. The largest absolute Gasteiger partial charge is 0.480 e. The minimum absolute atomic E-state index is 0.183. The highest BCUT2D eigenvalue weighted by Crippen LogP contribution is 2.17. The molecule has 0 spiro atoms. The van der Waals surface area contributed by atoms with Gasteiger partial charge in [-0.05, 0) is 25.9 Å². The van der Waals surface area contributed by atoms with Crippen LogP contribution in [-0.4, -0.2) is 63.6 Å². The molecule has 1 amide bonds. The fourth-order valence-corrected chi connectivity index (χ4v) is 2.09. The number of amides is 1. The molecular weight excluding hydrogens is 250 g/mol. The molecule has 2 rings (SSSR count). The van der Waals surface area contributed by atoms with Crippen molar-refractivity contribution in [3.05, 3.63) is 11.9 Å². The Balaban J connectivity index is 2.03. The van der Waals surface area contributed by atoms with Crippen molar-refractivity contribution < 1.29 is 14.7 Å². The third-order valence-corrected chi connectivity index (χ3v) is 3.13. The van der Waals surface area contributed by atoms with Crippen LogP contribution >= 0.6 is 0 Å². The first-order valence-electron chi connectivity index (χ1n) is 6.17. The number of hydrogen-bond donors (Lipinski definition) is 2. The summed E-state index contributed by atoms with van der Waals surface area (Å²) in [7, 11) is 1.43. The van der Waals surface area contributed by atoms with E-state index >= 15 is 0 Å². The predicted octanol–water partition coefficient (Wildman–Crippen LogP) is -0.641. The Morgan fingerprint density at radius 1 is 1.53 bits per heavy atom. The summed E-state index contributed by atoms with van der Waals surface area (Å²) in [6.07, 6.45) is 3.49. The second-order valence-corrected chi connectivity index (χ2v) is 4.62. The van der Waals surface area contributed by atoms with Gasteiger partial charge in [-0.15, -0.1) is 5.10 Å². The van der Waals surface area contributed by atoms with Crippen molar-refractivity contribution in [1.82, 2.24) is 25.2 Å². The lowest BCUT2D eigenvalue weighted by Crippen LogP contribution is -2.32. The third kappa shape index (κ3) is 3.28. The average Bonchev–Trinajstić information content (AvgIpc) is 2.87. The number of hydrogen-bond acceptors (Lipinski definition) is 5. The van der Waals surface area contributed by atoms with Crippen LogP contribution in [0.5, 0.6) is 0 Å². The van der Waals surface area contributed by atoms with Gasteiger partial charge in [0.1, 0.15) is 6.54 Å². The van der Waals surface area contributed by atoms with E-state index in [4.69, 9.17) is 5.11 Å². The molecule has 104 valence electrons. The molecule has 1 aromatic rings. The fourth-order valence-electron chi connectivity index (χ4n) is 2.09. The van der Waals surface area contributed by atoms with Crippen LogP contribution in [0.3, 0.4) is 0 Å². The molecular formula is C11H17N5O3. The van der Waals surface area contributed by atoms with Gasteiger partial charge in [0, 0.05) is 7.05 Å². The smallest absolute Gasteiger partial charge is 0.323 e. The van der Waals surface area contributed by atoms with Crippen LogP contribution in [0, 0.1) is 0 Å². The highest BCUT2D eigenvalue weighted by molar-refractivity contribution is 5.93. The molecule has 1 aliphatic heterocycles. The Labute approximate surface area is 110 Å². The van der Waals surface area contributed by atoms with E-state index in [1.807, 2.05) is 0 Å². The lowest BCUT2D eigenvalue weighted by Gasteiger charge is -2.22. The maximum atomic E-state index is 11.9. The standard InChI is InChI=1S/C11H17N5O3/c1-15(7-10(17)18)11(19)9-6-16(14-13-9)8-2-4-12-5-3-8/h6,8,12H,2-5,7H2,1H3,(H,17,18). The minimum Gasteiger partial charge on any atom is -0.480 e. The number of carbonyl (C=O) groups excluding carboxylic acids is 1. The average molecular weight is 267 g/mol. The van der Waals surface area contributed by atoms with Gasteiger partial charge >= 0.3 is 5.97 Å². The summed E-state index contributed by atoms with van der Waals surface area (Å²) in [6.45, 7) is 1.50. The summed E-state index contributed by atoms with van der Waals surface area (Å²) in [6, 6.07) is 0.250. The van der Waals surface area contributed by atoms with E-state index in [0.29, 0.717) is 0 Å². The number of nitrogens with zero attached hydrogens (tertiary/aromatic N) is 4. The molecule has 19 heavy (non-hydrogen) atoms. The van der Waals surface area contributed by atoms with Gasteiger partial charge in [0.15, 0.2) is 5.69 Å². The number of carbonyl (C=O) groups is 2. The van der Waals surface area contributed by atoms with E-state index in [9.17, 15) is 9.59 Å². The van der Waals surface area contributed by atoms with Gasteiger partial charge in [-0.2, -0.15) is 0 Å². The molecule has 0 bridgehead atoms. The minimum atomic E-state index is -1.05. The second-order valence-electron chi connectivity index (χ2n) is 4.62. The van der Waals surface area contributed by atoms with Gasteiger partial charge in [-0.3, -0.25) is 9.59 Å². The molecule has 0 saturated carbocycles. The number of aromatic nitrogens is 3. The number of carboxylic acid groups (broad SMARTS) is 1. The van der Waals surface area contributed by atoms with Gasteiger partial charge in [-0.1, -0.05) is 5.21 Å². The van der Waals surface area contributed by atoms with E-state index in [2.05, 4.69) is 15.6 Å². The molecule has 0 aliphatic carbocycles. The molecule has 8 heteroatoms. The van der Waals surface area contributed by atoms with Crippen molar-refractivity contribution in [3.63, 3.8) is 0 Å². The predicted molar refractivity (Wildman–Crippen MR) is 65.8 cm³/mol. The van der Waals surface area contributed by atoms with E-state index in [-0.39, 0.29) is 18.3 Å². The number of carboxylic acids is 1. The summed E-state index contributed by atoms with van der Waals surface area (Å²) < 4.78 is 1.70. The zero-order chi connectivity index (χ0) is 13.8. The van der Waals surface area contributed by atoms with E-state index < -0.39 is 11.9 Å². The molecule has 8 nitrogen and oxygen atoms in total. The van der Waals surface area contributed by atoms with Crippen LogP contribution in [0.1, 0.15) is 29.4 Å². The Morgan fingerprint density at radius 3 is 2.84 bits per heavy atom. The number of rotatable bonds is 4. The number of aliphatic carboxylic acids is 1. The normalized spacial score (nSPS) is 16.3. The molecule has 0 aromatic carbocycles. The SMILES string of the molecule is CN(CC(=O)O)C(=O)c1cn(C2CCNCC2)nn1. The number of likely N-dealkylation sites (N-methyl/N-ethyl adjacent to an activating group) is 1. The highest BCUT2D eigenvalue weighted by Gasteiger charge is 2.21. The lowest BCUT2D eigenvalue weighted by molar-refractivity contribution is -0.137. The molecule has 2 heterocycles. The molecule has 1 fully saturated rings. The number of nitrogens with one attached hydrogen (secondary N) is 1. The van der Waals surface area contributed by atoms with E-state index in [0.717, 1.165) is 30.8 Å². The van der Waals surface area contributed by atoms with Gasteiger partial charge < -0.3 is 15.3 Å². The van der Waals surface area contributed by atoms with Gasteiger partial charge in [0.25, 0.3) is 5.91 Å². The Morgan fingerprint density at radius 2 is 2.21 bits per heavy atom. The molecule has 1 aromatic heterocycles. The topological polar surface area (TPSA) is 100 Å². The second kappa shape index (κ2) is 5.79. The summed E-state index contributed by atoms with van der Waals surface area (Å²) in [5, 5.41) is 19.7. The quantitative estimate of drug-likeness (QED) is 0.752. The van der Waals surface area contributed by atoms with Gasteiger partial charge in [0.2, 0.25) is 0 Å². The first-order valence-corrected chi connectivity index (χ1v) is 6.17. The van der Waals surface area contributed by atoms with Gasteiger partial charge in [-0.25, -0.2) is 4.68 Å². The molecule has 1 saturated heterocycles. The van der Waals surface area contributed by atoms with Crippen molar-refractivity contribution in [3.8, 4) is 0 Å². The molecule has 2 N–H and O–H groups in total. The Kier molecular flexibility index (Phi) is 4.10. The van der Waals surface area contributed by atoms with Crippen LogP contribution in [0.15, 0.2) is 6.20 Å². The lowest BCUT2D eigenvalue weighted by atomic mass is 10.1. The summed E-state index contributed by atoms with van der Waals surface area (Å²) in [5.74, 6) is -1.48. The van der Waals surface area contributed by atoms with Crippen LogP contribution in [0.2, 0.25) is 0 Å². The maximum Gasteiger partial charge on any atom is 0.323 e. The Bertz CT molecular complexity index is 467. The van der Waals surface area contributed by atoms with E-state index in [1.165, 1.54) is 7.05 Å².